The molecule has 0 aliphatic heterocycles. The molecule has 0 saturated heterocycles. The summed E-state index contributed by atoms with van der Waals surface area (Å²) in [4.78, 5) is 37.3. The normalized spacial score (nSPS) is 12.2. The van der Waals surface area contributed by atoms with Crippen LogP contribution >= 0.6 is 0 Å². The molecule has 0 unspecified atom stereocenters. The molecule has 2 amide bonds. The summed E-state index contributed by atoms with van der Waals surface area (Å²) < 4.78 is 53.7. The molecule has 1 heterocycles. The lowest BCUT2D eigenvalue weighted by atomic mass is 10.1. The minimum Gasteiger partial charge on any atom is -0.480 e. The van der Waals surface area contributed by atoms with E-state index in [9.17, 15) is 31.9 Å². The lowest BCUT2D eigenvalue weighted by molar-refractivity contribution is -0.139. The third-order valence-corrected chi connectivity index (χ3v) is 5.92. The first-order valence-corrected chi connectivity index (χ1v) is 11.6. The van der Waals surface area contributed by atoms with Crippen molar-refractivity contribution in [2.75, 3.05) is 10.6 Å². The maximum atomic E-state index is 14.1. The first-order valence-electron chi connectivity index (χ1n) is 11.6. The van der Waals surface area contributed by atoms with Crippen molar-refractivity contribution in [2.24, 2.45) is 0 Å². The van der Waals surface area contributed by atoms with Gasteiger partial charge in [0.1, 0.15) is 11.9 Å². The monoisotopic (exact) mass is 542 g/mol. The van der Waals surface area contributed by atoms with Crippen LogP contribution in [0.2, 0.25) is 0 Å². The predicted molar refractivity (Wildman–Crippen MR) is 136 cm³/mol. The number of carboxylic acid groups (broad SMARTS) is 1. The number of urea groups is 1. The van der Waals surface area contributed by atoms with Crippen molar-refractivity contribution < 1.29 is 37.1 Å². The highest BCUT2D eigenvalue weighted by atomic mass is 19.4. The molecule has 4 rings (SSSR count). The molecule has 1 aromatic heterocycles. The molecule has 0 aliphatic rings. The number of aliphatic carboxylic acids is 1. The molecule has 4 N–H and O–H groups in total. The van der Waals surface area contributed by atoms with Crippen LogP contribution in [0.3, 0.4) is 0 Å². The van der Waals surface area contributed by atoms with E-state index in [0.717, 1.165) is 36.4 Å². The summed E-state index contributed by atoms with van der Waals surface area (Å²) >= 11 is 0. The molecule has 0 bridgehead atoms. The molecule has 0 aliphatic carbocycles. The predicted octanol–water partition coefficient (Wildman–Crippen LogP) is 5.69. The Balaban J connectivity index is 1.61. The maximum absolute atomic E-state index is 14.1. The third kappa shape index (κ3) is 6.24. The van der Waals surface area contributed by atoms with E-state index in [0.29, 0.717) is 5.56 Å². The van der Waals surface area contributed by atoms with Crippen molar-refractivity contribution in [2.45, 2.75) is 25.7 Å². The second-order valence-electron chi connectivity index (χ2n) is 8.63. The van der Waals surface area contributed by atoms with Crippen LogP contribution in [0, 0.1) is 5.82 Å². The summed E-state index contributed by atoms with van der Waals surface area (Å²) in [5, 5.41) is 17.1. The van der Waals surface area contributed by atoms with Crippen molar-refractivity contribution >= 4 is 40.2 Å². The van der Waals surface area contributed by atoms with Crippen LogP contribution in [0.15, 0.2) is 72.9 Å². The molecule has 0 radical (unpaired) electrons. The molecule has 12 heteroatoms. The van der Waals surface area contributed by atoms with Gasteiger partial charge in [0, 0.05) is 29.4 Å². The molecule has 3 aromatic carbocycles. The summed E-state index contributed by atoms with van der Waals surface area (Å²) in [6.07, 6.45) is -3.22. The quantitative estimate of drug-likeness (QED) is 0.224. The zero-order valence-electron chi connectivity index (χ0n) is 20.3. The van der Waals surface area contributed by atoms with Gasteiger partial charge in [-0.05, 0) is 61.0 Å². The number of fused-ring (bicyclic) bond motifs is 1. The summed E-state index contributed by atoms with van der Waals surface area (Å²) in [7, 11) is 0. The Hall–Kier alpha value is -4.71. The van der Waals surface area contributed by atoms with Crippen LogP contribution in [-0.4, -0.2) is 33.6 Å². The molecule has 0 fully saturated rings. The number of carbonyl (C=O) groups excluding carboxylic acids is 2. The molecule has 4 aromatic rings. The smallest absolute Gasteiger partial charge is 0.416 e. The van der Waals surface area contributed by atoms with Gasteiger partial charge in [-0.2, -0.15) is 13.2 Å². The minimum absolute atomic E-state index is 0.0809. The summed E-state index contributed by atoms with van der Waals surface area (Å²) in [5.41, 5.74) is 0.353. The topological polar surface area (TPSA) is 112 Å². The zero-order chi connectivity index (χ0) is 28.3. The Morgan fingerprint density at radius 2 is 1.67 bits per heavy atom. The van der Waals surface area contributed by atoms with Gasteiger partial charge >= 0.3 is 18.2 Å². The van der Waals surface area contributed by atoms with Gasteiger partial charge in [0.25, 0.3) is 5.91 Å². The average molecular weight is 542 g/mol. The maximum Gasteiger partial charge on any atom is 0.416 e. The van der Waals surface area contributed by atoms with E-state index in [1.54, 1.807) is 24.3 Å². The fourth-order valence-electron chi connectivity index (χ4n) is 3.86. The Bertz CT molecular complexity index is 1550. The van der Waals surface area contributed by atoms with Gasteiger partial charge in [-0.25, -0.2) is 9.18 Å². The molecule has 8 nitrogen and oxygen atoms in total. The standard InChI is InChI=1S/C27H22F4N4O4/c1-15(25(37)38)32-13-16-4-2-3-5-20(16)24(36)35-14-22(21-12-18(28)8-11-23(21)35)34-26(39)33-19-9-6-17(7-10-19)27(29,30)31/h2-12,14-15,32H,13H2,1H3,(H,37,38)(H2,33,34,39)/t15-/m0/s1. The number of hydrogen-bond acceptors (Lipinski definition) is 4. The number of nitrogens with one attached hydrogen (secondary N) is 3. The number of amides is 2. The number of carboxylic acids is 1. The van der Waals surface area contributed by atoms with E-state index >= 15 is 0 Å². The summed E-state index contributed by atoms with van der Waals surface area (Å²) in [5.74, 6) is -2.18. The number of halogens is 4. The number of nitrogens with zero attached hydrogens (tertiary/aromatic N) is 1. The van der Waals surface area contributed by atoms with Crippen LogP contribution in [0.25, 0.3) is 10.9 Å². The number of alkyl halides is 3. The minimum atomic E-state index is -4.53. The molecule has 202 valence electrons. The van der Waals surface area contributed by atoms with Gasteiger partial charge in [0.2, 0.25) is 0 Å². The number of aromatic nitrogens is 1. The second-order valence-corrected chi connectivity index (χ2v) is 8.63. The first kappa shape index (κ1) is 27.3. The van der Waals surface area contributed by atoms with E-state index in [1.807, 2.05) is 0 Å². The number of benzene rings is 3. The van der Waals surface area contributed by atoms with Gasteiger partial charge < -0.3 is 21.1 Å². The zero-order valence-corrected chi connectivity index (χ0v) is 20.3. The summed E-state index contributed by atoms with van der Waals surface area (Å²) in [6, 6.07) is 12.3. The Labute approximate surface area is 219 Å². The first-order chi connectivity index (χ1) is 18.4. The fraction of sp³-hybridized carbons (Fsp3) is 0.148. The van der Waals surface area contributed by atoms with Gasteiger partial charge in [-0.3, -0.25) is 14.2 Å². The Morgan fingerprint density at radius 1 is 0.974 bits per heavy atom. The van der Waals surface area contributed by atoms with E-state index in [4.69, 9.17) is 5.11 Å². The third-order valence-electron chi connectivity index (χ3n) is 5.92. The van der Waals surface area contributed by atoms with E-state index < -0.39 is 41.5 Å². The SMILES string of the molecule is C[C@H](NCc1ccccc1C(=O)n1cc(NC(=O)Nc2ccc(C(F)(F)F)cc2)c2cc(F)ccc21)C(=O)O. The number of hydrogen-bond donors (Lipinski definition) is 4. The largest absolute Gasteiger partial charge is 0.480 e. The van der Waals surface area contributed by atoms with E-state index in [2.05, 4.69) is 16.0 Å². The van der Waals surface area contributed by atoms with Crippen LogP contribution in [0.4, 0.5) is 33.7 Å². The average Bonchev–Trinajstić information content (AvgIpc) is 3.23. The molecular weight excluding hydrogens is 520 g/mol. The van der Waals surface area contributed by atoms with Gasteiger partial charge in [-0.15, -0.1) is 0 Å². The van der Waals surface area contributed by atoms with Gasteiger partial charge in [0.15, 0.2) is 0 Å². The highest BCUT2D eigenvalue weighted by Crippen LogP contribution is 2.31. The molecule has 0 spiro atoms. The number of anilines is 2. The van der Waals surface area contributed by atoms with Crippen LogP contribution < -0.4 is 16.0 Å². The second kappa shape index (κ2) is 11.0. The highest BCUT2D eigenvalue weighted by Gasteiger charge is 2.30. The fourth-order valence-corrected chi connectivity index (χ4v) is 3.86. The number of carbonyl (C=O) groups is 3. The van der Waals surface area contributed by atoms with Crippen molar-refractivity contribution in [3.8, 4) is 0 Å². The van der Waals surface area contributed by atoms with Crippen LogP contribution in [0.1, 0.15) is 28.4 Å². The summed E-state index contributed by atoms with van der Waals surface area (Å²) in [6.45, 7) is 1.55. The van der Waals surface area contributed by atoms with Crippen molar-refractivity contribution in [1.29, 1.82) is 0 Å². The molecule has 1 atom stereocenters. The highest BCUT2D eigenvalue weighted by molar-refractivity contribution is 6.10. The number of rotatable bonds is 7. The Kier molecular flexibility index (Phi) is 7.68. The lowest BCUT2D eigenvalue weighted by Gasteiger charge is -2.13. The van der Waals surface area contributed by atoms with E-state index in [-0.39, 0.29) is 34.4 Å². The lowest BCUT2D eigenvalue weighted by Crippen LogP contribution is -2.33. The molecule has 39 heavy (non-hydrogen) atoms. The van der Waals surface area contributed by atoms with Crippen molar-refractivity contribution in [3.05, 3.63) is 95.4 Å². The molecule has 0 saturated carbocycles. The van der Waals surface area contributed by atoms with Gasteiger partial charge in [-0.1, -0.05) is 18.2 Å². The molecular formula is C27H22F4N4O4. The van der Waals surface area contributed by atoms with Crippen LogP contribution in [-0.2, 0) is 17.5 Å². The van der Waals surface area contributed by atoms with E-state index in [1.165, 1.54) is 23.8 Å². The van der Waals surface area contributed by atoms with Crippen molar-refractivity contribution in [3.63, 3.8) is 0 Å². The Morgan fingerprint density at radius 3 is 2.33 bits per heavy atom. The van der Waals surface area contributed by atoms with Gasteiger partial charge in [0.05, 0.1) is 16.8 Å². The van der Waals surface area contributed by atoms with Crippen molar-refractivity contribution in [1.82, 2.24) is 9.88 Å². The van der Waals surface area contributed by atoms with Crippen LogP contribution in [0.5, 0.6) is 0 Å².